The van der Waals surface area contributed by atoms with Crippen molar-refractivity contribution in [3.8, 4) is 0 Å². The molecule has 0 atom stereocenters. The number of hydrogen-bond acceptors (Lipinski definition) is 2. The Morgan fingerprint density at radius 1 is 1.38 bits per heavy atom. The summed E-state index contributed by atoms with van der Waals surface area (Å²) >= 11 is -0.409. The summed E-state index contributed by atoms with van der Waals surface area (Å²) in [5.74, 6) is -1.17. The second-order valence-corrected chi connectivity index (χ2v) is 4.25. The molecule has 0 heterocycles. The van der Waals surface area contributed by atoms with E-state index in [1.165, 1.54) is 13.0 Å². The van der Waals surface area contributed by atoms with Crippen LogP contribution in [0.25, 0.3) is 0 Å². The van der Waals surface area contributed by atoms with Crippen molar-refractivity contribution in [2.24, 2.45) is 0 Å². The first-order valence-electron chi connectivity index (χ1n) is 4.32. The molecule has 0 bridgehead atoms. The number of halogens is 4. The van der Waals surface area contributed by atoms with E-state index in [2.05, 4.69) is 0 Å². The Hall–Kier alpha value is -1.04. The Morgan fingerprint density at radius 3 is 2.50 bits per heavy atom. The number of hydrogen-bond donors (Lipinski definition) is 0. The van der Waals surface area contributed by atoms with Gasteiger partial charge in [-0.3, -0.25) is 4.79 Å². The van der Waals surface area contributed by atoms with Crippen LogP contribution < -0.4 is 0 Å². The molecule has 16 heavy (non-hydrogen) atoms. The molecule has 1 nitrogen and oxygen atoms in total. The molecule has 0 aromatic heterocycles. The zero-order valence-electron chi connectivity index (χ0n) is 8.27. The van der Waals surface area contributed by atoms with Crippen molar-refractivity contribution in [1.29, 1.82) is 0 Å². The summed E-state index contributed by atoms with van der Waals surface area (Å²) in [4.78, 5) is 10.6. The molecule has 0 aliphatic rings. The first kappa shape index (κ1) is 13.0. The van der Waals surface area contributed by atoms with Crippen LogP contribution in [0.15, 0.2) is 23.1 Å². The van der Waals surface area contributed by atoms with Crippen LogP contribution in [0.1, 0.15) is 12.5 Å². The molecule has 0 unspecified atom stereocenters. The summed E-state index contributed by atoms with van der Waals surface area (Å²) in [6.07, 6.45) is -0.328. The summed E-state index contributed by atoms with van der Waals surface area (Å²) in [6, 6.07) is 3.38. The summed E-state index contributed by atoms with van der Waals surface area (Å²) < 4.78 is 49.7. The molecule has 0 saturated carbocycles. The predicted molar refractivity (Wildman–Crippen MR) is 52.7 cm³/mol. The van der Waals surface area contributed by atoms with E-state index >= 15 is 0 Å². The summed E-state index contributed by atoms with van der Waals surface area (Å²) in [6.45, 7) is 1.20. The van der Waals surface area contributed by atoms with Gasteiger partial charge in [0.05, 0.1) is 0 Å². The molecule has 0 aliphatic heterocycles. The SMILES string of the molecule is CC(=O)Cc1c(F)cccc1SC(F)(F)F. The van der Waals surface area contributed by atoms with Gasteiger partial charge >= 0.3 is 5.51 Å². The normalized spacial score (nSPS) is 11.6. The van der Waals surface area contributed by atoms with Gasteiger partial charge in [0, 0.05) is 16.9 Å². The zero-order valence-corrected chi connectivity index (χ0v) is 9.08. The minimum Gasteiger partial charge on any atom is -0.300 e. The quantitative estimate of drug-likeness (QED) is 0.604. The number of alkyl halides is 3. The molecular weight excluding hydrogens is 244 g/mol. The zero-order chi connectivity index (χ0) is 12.3. The highest BCUT2D eigenvalue weighted by Gasteiger charge is 2.31. The summed E-state index contributed by atoms with van der Waals surface area (Å²) in [5.41, 5.74) is -4.68. The average molecular weight is 252 g/mol. The molecule has 0 aliphatic carbocycles. The lowest BCUT2D eigenvalue weighted by Gasteiger charge is -2.10. The lowest BCUT2D eigenvalue weighted by Crippen LogP contribution is -2.05. The van der Waals surface area contributed by atoms with Gasteiger partial charge in [-0.2, -0.15) is 13.2 Å². The van der Waals surface area contributed by atoms with Gasteiger partial charge in [-0.25, -0.2) is 4.39 Å². The maximum Gasteiger partial charge on any atom is 0.446 e. The first-order valence-corrected chi connectivity index (χ1v) is 5.14. The van der Waals surface area contributed by atoms with Crippen molar-refractivity contribution in [2.45, 2.75) is 23.7 Å². The van der Waals surface area contributed by atoms with Crippen LogP contribution in [0, 0.1) is 5.82 Å². The van der Waals surface area contributed by atoms with Crippen molar-refractivity contribution < 1.29 is 22.4 Å². The lowest BCUT2D eigenvalue weighted by molar-refractivity contribution is -0.116. The van der Waals surface area contributed by atoms with E-state index in [-0.39, 0.29) is 22.7 Å². The van der Waals surface area contributed by atoms with E-state index in [9.17, 15) is 22.4 Å². The van der Waals surface area contributed by atoms with E-state index in [0.29, 0.717) is 0 Å². The summed E-state index contributed by atoms with van der Waals surface area (Å²) in [5, 5.41) is 0. The van der Waals surface area contributed by atoms with Crippen LogP contribution in [-0.2, 0) is 11.2 Å². The highest BCUT2D eigenvalue weighted by Crippen LogP contribution is 2.39. The van der Waals surface area contributed by atoms with Crippen molar-refractivity contribution in [1.82, 2.24) is 0 Å². The Bertz CT molecular complexity index is 400. The van der Waals surface area contributed by atoms with Crippen LogP contribution >= 0.6 is 11.8 Å². The Labute approximate surface area is 93.8 Å². The fraction of sp³-hybridized carbons (Fsp3) is 0.300. The van der Waals surface area contributed by atoms with E-state index < -0.39 is 23.1 Å². The average Bonchev–Trinajstić information content (AvgIpc) is 2.08. The molecule has 0 spiro atoms. The number of rotatable bonds is 3. The minimum absolute atomic E-state index is 0.197. The molecule has 6 heteroatoms. The van der Waals surface area contributed by atoms with Gasteiger partial charge in [0.1, 0.15) is 11.6 Å². The largest absolute Gasteiger partial charge is 0.446 e. The second-order valence-electron chi connectivity index (χ2n) is 3.14. The highest BCUT2D eigenvalue weighted by atomic mass is 32.2. The van der Waals surface area contributed by atoms with E-state index in [1.54, 1.807) is 0 Å². The van der Waals surface area contributed by atoms with Gasteiger partial charge in [0.15, 0.2) is 0 Å². The highest BCUT2D eigenvalue weighted by molar-refractivity contribution is 8.00. The molecule has 1 aromatic rings. The topological polar surface area (TPSA) is 17.1 Å². The van der Waals surface area contributed by atoms with Crippen LogP contribution in [-0.4, -0.2) is 11.3 Å². The lowest BCUT2D eigenvalue weighted by atomic mass is 10.1. The Kier molecular flexibility index (Phi) is 3.96. The maximum absolute atomic E-state index is 13.3. The monoisotopic (exact) mass is 252 g/mol. The van der Waals surface area contributed by atoms with Crippen LogP contribution in [0.2, 0.25) is 0 Å². The number of thioether (sulfide) groups is 1. The van der Waals surface area contributed by atoms with Crippen LogP contribution in [0.4, 0.5) is 17.6 Å². The van der Waals surface area contributed by atoms with E-state index in [1.807, 2.05) is 0 Å². The Balaban J connectivity index is 3.07. The molecule has 1 rings (SSSR count). The molecule has 0 N–H and O–H groups in total. The third kappa shape index (κ3) is 3.84. The van der Waals surface area contributed by atoms with E-state index in [0.717, 1.165) is 12.1 Å². The standard InChI is InChI=1S/C10H8F4OS/c1-6(15)5-7-8(11)3-2-4-9(7)16-10(12,13)14/h2-4H,5H2,1H3. The molecule has 1 aromatic carbocycles. The van der Waals surface area contributed by atoms with Gasteiger partial charge in [-0.1, -0.05) is 6.07 Å². The molecule has 0 saturated heterocycles. The van der Waals surface area contributed by atoms with Crippen molar-refractivity contribution >= 4 is 17.5 Å². The van der Waals surface area contributed by atoms with Crippen molar-refractivity contribution in [2.75, 3.05) is 0 Å². The summed E-state index contributed by atoms with van der Waals surface area (Å²) in [7, 11) is 0. The van der Waals surface area contributed by atoms with Gasteiger partial charge in [-0.05, 0) is 30.8 Å². The molecule has 0 amide bonds. The predicted octanol–water partition coefficient (Wildman–Crippen LogP) is 3.57. The number of carbonyl (C=O) groups is 1. The smallest absolute Gasteiger partial charge is 0.300 e. The second kappa shape index (κ2) is 4.86. The minimum atomic E-state index is -4.49. The fourth-order valence-corrected chi connectivity index (χ4v) is 1.87. The van der Waals surface area contributed by atoms with Crippen LogP contribution in [0.5, 0.6) is 0 Å². The van der Waals surface area contributed by atoms with Gasteiger partial charge < -0.3 is 0 Å². The van der Waals surface area contributed by atoms with Gasteiger partial charge in [0.25, 0.3) is 0 Å². The maximum atomic E-state index is 13.3. The fourth-order valence-electron chi connectivity index (χ4n) is 1.18. The number of Topliss-reactive ketones (excluding diaryl/α,β-unsaturated/α-hetero) is 1. The van der Waals surface area contributed by atoms with Crippen molar-refractivity contribution in [3.63, 3.8) is 0 Å². The molecule has 88 valence electrons. The Morgan fingerprint density at radius 2 is 2.00 bits per heavy atom. The third-order valence-corrected chi connectivity index (χ3v) is 2.56. The first-order chi connectivity index (χ1) is 7.29. The third-order valence-electron chi connectivity index (χ3n) is 1.73. The van der Waals surface area contributed by atoms with Gasteiger partial charge in [-0.15, -0.1) is 0 Å². The molecule has 0 fully saturated rings. The van der Waals surface area contributed by atoms with E-state index in [4.69, 9.17) is 0 Å². The number of benzene rings is 1. The number of ketones is 1. The van der Waals surface area contributed by atoms with Crippen LogP contribution in [0.3, 0.4) is 0 Å². The number of carbonyl (C=O) groups excluding carboxylic acids is 1. The molecular formula is C10H8F4OS. The van der Waals surface area contributed by atoms with Gasteiger partial charge in [0.2, 0.25) is 0 Å². The van der Waals surface area contributed by atoms with Crippen molar-refractivity contribution in [3.05, 3.63) is 29.6 Å². The molecule has 0 radical (unpaired) electrons.